The number of aliphatic hydroxyl groups is 1. The molecule has 0 aromatic carbocycles. The van der Waals surface area contributed by atoms with Crippen LogP contribution in [0, 0.1) is 6.92 Å². The highest BCUT2D eigenvalue weighted by Crippen LogP contribution is 2.34. The summed E-state index contributed by atoms with van der Waals surface area (Å²) in [5.41, 5.74) is 7.77. The first kappa shape index (κ1) is 21.5. The Hall–Kier alpha value is -2.85. The lowest BCUT2D eigenvalue weighted by atomic mass is 10.1. The zero-order valence-corrected chi connectivity index (χ0v) is 16.2. The Morgan fingerprint density at radius 3 is 2.61 bits per heavy atom. The molecule has 1 fully saturated rings. The van der Waals surface area contributed by atoms with Crippen molar-refractivity contribution < 1.29 is 19.8 Å². The molecule has 2 aromatic rings. The Morgan fingerprint density at radius 1 is 1.39 bits per heavy atom. The third kappa shape index (κ3) is 5.33. The molecular formula is C18H26N6O4. The van der Waals surface area contributed by atoms with Crippen molar-refractivity contribution in [3.8, 4) is 5.69 Å². The van der Waals surface area contributed by atoms with Crippen LogP contribution in [0.25, 0.3) is 5.69 Å². The van der Waals surface area contributed by atoms with Crippen LogP contribution in [0.15, 0.2) is 18.5 Å². The molecule has 2 heterocycles. The van der Waals surface area contributed by atoms with Gasteiger partial charge < -0.3 is 21.3 Å². The highest BCUT2D eigenvalue weighted by molar-refractivity contribution is 5.77. The summed E-state index contributed by atoms with van der Waals surface area (Å²) in [4.78, 5) is 29.3. The molecule has 3 rings (SSSR count). The molecule has 10 heteroatoms. The van der Waals surface area contributed by atoms with Crippen LogP contribution >= 0.6 is 0 Å². The summed E-state index contributed by atoms with van der Waals surface area (Å²) in [6.07, 6.45) is 4.21. The lowest BCUT2D eigenvalue weighted by Crippen LogP contribution is -2.28. The number of carbonyl (C=O) groups is 2. The fourth-order valence-electron chi connectivity index (χ4n) is 3.08. The minimum absolute atomic E-state index is 0.00787. The van der Waals surface area contributed by atoms with E-state index < -0.39 is 12.1 Å². The Morgan fingerprint density at radius 2 is 2.07 bits per heavy atom. The van der Waals surface area contributed by atoms with Crippen molar-refractivity contribution >= 4 is 11.9 Å². The van der Waals surface area contributed by atoms with Crippen molar-refractivity contribution in [3.63, 3.8) is 0 Å². The van der Waals surface area contributed by atoms with Crippen molar-refractivity contribution in [2.45, 2.75) is 51.2 Å². The standard InChI is InChI=1S/C16H22N6O2.C2H4O2/c1-9-8-19-4-3-12(9)22-16(10-5-11(17)13(23)6-10)20-14(21-22)7-15(24)18-2;1-2(3)4/h3-4,8,10-11,13,23H,5-7,17H2,1-2H3,(H,18,24);1H3,(H,3,4)/t10-,11+,13+;/m0./s1. The molecule has 3 atom stereocenters. The number of carbonyl (C=O) groups excluding carboxylic acids is 1. The van der Waals surface area contributed by atoms with Gasteiger partial charge in [0.05, 0.1) is 18.2 Å². The zero-order chi connectivity index (χ0) is 20.8. The molecule has 2 aromatic heterocycles. The van der Waals surface area contributed by atoms with Crippen LogP contribution in [-0.4, -0.2) is 61.0 Å². The first-order valence-corrected chi connectivity index (χ1v) is 8.93. The lowest BCUT2D eigenvalue weighted by Gasteiger charge is -2.12. The van der Waals surface area contributed by atoms with Crippen LogP contribution in [0.3, 0.4) is 0 Å². The Balaban J connectivity index is 0.000000640. The number of nitrogens with one attached hydrogen (secondary N) is 1. The van der Waals surface area contributed by atoms with Gasteiger partial charge in [0.15, 0.2) is 5.82 Å². The summed E-state index contributed by atoms with van der Waals surface area (Å²) in [5.74, 6) is 0.215. The summed E-state index contributed by atoms with van der Waals surface area (Å²) in [5, 5.41) is 24.5. The number of carboxylic acid groups (broad SMARTS) is 1. The fourth-order valence-corrected chi connectivity index (χ4v) is 3.08. The van der Waals surface area contributed by atoms with E-state index in [4.69, 9.17) is 15.6 Å². The summed E-state index contributed by atoms with van der Waals surface area (Å²) in [6.45, 7) is 3.03. The van der Waals surface area contributed by atoms with Crippen molar-refractivity contribution in [2.75, 3.05) is 7.05 Å². The normalized spacial score (nSPS) is 21.0. The van der Waals surface area contributed by atoms with Crippen LogP contribution in [-0.2, 0) is 16.0 Å². The molecule has 152 valence electrons. The van der Waals surface area contributed by atoms with Gasteiger partial charge >= 0.3 is 0 Å². The van der Waals surface area contributed by atoms with Gasteiger partial charge in [0.1, 0.15) is 5.82 Å². The lowest BCUT2D eigenvalue weighted by molar-refractivity contribution is -0.134. The number of aliphatic hydroxyl groups excluding tert-OH is 1. The van der Waals surface area contributed by atoms with E-state index in [-0.39, 0.29) is 24.3 Å². The van der Waals surface area contributed by atoms with Gasteiger partial charge in [0.25, 0.3) is 5.97 Å². The minimum Gasteiger partial charge on any atom is -0.481 e. The number of hydrogen-bond donors (Lipinski definition) is 4. The van der Waals surface area contributed by atoms with Crippen LogP contribution in [0.1, 0.15) is 42.9 Å². The Kier molecular flexibility index (Phi) is 7.18. The molecule has 1 amide bonds. The highest BCUT2D eigenvalue weighted by atomic mass is 16.4. The van der Waals surface area contributed by atoms with Gasteiger partial charge in [-0.05, 0) is 31.4 Å². The predicted octanol–water partition coefficient (Wildman–Crippen LogP) is -0.0843. The summed E-state index contributed by atoms with van der Waals surface area (Å²) in [6, 6.07) is 1.60. The second kappa shape index (κ2) is 9.38. The third-order valence-corrected chi connectivity index (χ3v) is 4.43. The molecule has 1 aliphatic carbocycles. The number of rotatable bonds is 4. The molecule has 1 saturated carbocycles. The number of nitrogens with zero attached hydrogens (tertiary/aromatic N) is 4. The second-order valence-electron chi connectivity index (χ2n) is 6.73. The summed E-state index contributed by atoms with van der Waals surface area (Å²) < 4.78 is 1.75. The molecule has 28 heavy (non-hydrogen) atoms. The van der Waals surface area contributed by atoms with Crippen molar-refractivity contribution in [1.29, 1.82) is 0 Å². The van der Waals surface area contributed by atoms with E-state index in [0.29, 0.717) is 18.7 Å². The molecule has 0 radical (unpaired) electrons. The molecule has 10 nitrogen and oxygen atoms in total. The molecule has 0 aliphatic heterocycles. The van der Waals surface area contributed by atoms with Gasteiger partial charge in [-0.3, -0.25) is 14.6 Å². The number of amides is 1. The maximum absolute atomic E-state index is 11.7. The number of likely N-dealkylation sites (N-methyl/N-ethyl adjacent to an activating group) is 1. The number of hydrogen-bond acceptors (Lipinski definition) is 7. The number of aryl methyl sites for hydroxylation is 1. The van der Waals surface area contributed by atoms with Gasteiger partial charge in [-0.25, -0.2) is 9.67 Å². The van der Waals surface area contributed by atoms with E-state index in [1.807, 2.05) is 13.0 Å². The van der Waals surface area contributed by atoms with Gasteiger partial charge in [0, 0.05) is 38.3 Å². The van der Waals surface area contributed by atoms with E-state index in [2.05, 4.69) is 20.4 Å². The number of carboxylic acids is 1. The van der Waals surface area contributed by atoms with Gasteiger partial charge in [-0.15, -0.1) is 0 Å². The minimum atomic E-state index is -0.833. The number of aromatic nitrogens is 4. The summed E-state index contributed by atoms with van der Waals surface area (Å²) in [7, 11) is 1.58. The topological polar surface area (TPSA) is 156 Å². The van der Waals surface area contributed by atoms with E-state index >= 15 is 0 Å². The number of nitrogens with two attached hydrogens (primary N) is 1. The van der Waals surface area contributed by atoms with Crippen molar-refractivity contribution in [3.05, 3.63) is 35.7 Å². The highest BCUT2D eigenvalue weighted by Gasteiger charge is 2.35. The maximum Gasteiger partial charge on any atom is 0.300 e. The maximum atomic E-state index is 11.7. The smallest absolute Gasteiger partial charge is 0.300 e. The van der Waals surface area contributed by atoms with Crippen LogP contribution in [0.4, 0.5) is 0 Å². The van der Waals surface area contributed by atoms with E-state index in [1.54, 1.807) is 24.1 Å². The Labute approximate surface area is 162 Å². The van der Waals surface area contributed by atoms with Gasteiger partial charge in [-0.1, -0.05) is 0 Å². The van der Waals surface area contributed by atoms with Crippen LogP contribution in [0.5, 0.6) is 0 Å². The molecule has 0 unspecified atom stereocenters. The first-order valence-electron chi connectivity index (χ1n) is 8.93. The zero-order valence-electron chi connectivity index (χ0n) is 16.2. The fraction of sp³-hybridized carbons (Fsp3) is 0.500. The second-order valence-corrected chi connectivity index (χ2v) is 6.73. The van der Waals surface area contributed by atoms with E-state index in [9.17, 15) is 9.90 Å². The van der Waals surface area contributed by atoms with E-state index in [1.165, 1.54) is 0 Å². The van der Waals surface area contributed by atoms with Gasteiger partial charge in [0.2, 0.25) is 5.91 Å². The van der Waals surface area contributed by atoms with Crippen molar-refractivity contribution in [1.82, 2.24) is 25.1 Å². The molecule has 0 saturated heterocycles. The summed E-state index contributed by atoms with van der Waals surface area (Å²) >= 11 is 0. The average molecular weight is 390 g/mol. The first-order chi connectivity index (χ1) is 13.2. The Bertz CT molecular complexity index is 823. The quantitative estimate of drug-likeness (QED) is 0.564. The molecule has 5 N–H and O–H groups in total. The predicted molar refractivity (Wildman–Crippen MR) is 101 cm³/mol. The number of aliphatic carboxylic acids is 1. The molecule has 1 aliphatic rings. The van der Waals surface area contributed by atoms with Crippen LogP contribution in [0.2, 0.25) is 0 Å². The molecule has 0 spiro atoms. The van der Waals surface area contributed by atoms with Crippen LogP contribution < -0.4 is 11.1 Å². The average Bonchev–Trinajstić information content (AvgIpc) is 3.18. The largest absolute Gasteiger partial charge is 0.481 e. The molecule has 0 bridgehead atoms. The van der Waals surface area contributed by atoms with E-state index in [0.717, 1.165) is 24.0 Å². The van der Waals surface area contributed by atoms with Crippen molar-refractivity contribution in [2.24, 2.45) is 5.73 Å². The number of pyridine rings is 1. The monoisotopic (exact) mass is 390 g/mol. The SMILES string of the molecule is CC(=O)O.CNC(=O)Cc1nc([C@H]2C[C@@H](N)[C@H](O)C2)n(-c2ccncc2C)n1. The molecular weight excluding hydrogens is 364 g/mol. The third-order valence-electron chi connectivity index (χ3n) is 4.43. The van der Waals surface area contributed by atoms with Gasteiger partial charge in [-0.2, -0.15) is 5.10 Å².